The summed E-state index contributed by atoms with van der Waals surface area (Å²) in [4.78, 5) is 26.8. The molecule has 1 fully saturated rings. The van der Waals surface area contributed by atoms with Crippen molar-refractivity contribution >= 4 is 22.6 Å². The van der Waals surface area contributed by atoms with E-state index in [1.807, 2.05) is 12.1 Å². The molecule has 0 spiro atoms. The molecule has 1 aliphatic heterocycles. The lowest BCUT2D eigenvalue weighted by molar-refractivity contribution is -0.146. The van der Waals surface area contributed by atoms with Crippen LogP contribution >= 0.6 is 0 Å². The van der Waals surface area contributed by atoms with Crippen molar-refractivity contribution in [1.29, 1.82) is 0 Å². The van der Waals surface area contributed by atoms with Crippen LogP contribution in [0, 0.1) is 0 Å². The summed E-state index contributed by atoms with van der Waals surface area (Å²) in [6.07, 6.45) is -4.36. The van der Waals surface area contributed by atoms with E-state index in [4.69, 9.17) is 4.74 Å². The Bertz CT molecular complexity index is 1230. The number of hydrogen-bond acceptors (Lipinski definition) is 5. The van der Waals surface area contributed by atoms with E-state index in [2.05, 4.69) is 5.32 Å². The first kappa shape index (κ1) is 23.6. The number of amides is 1. The summed E-state index contributed by atoms with van der Waals surface area (Å²) in [7, 11) is 1.21. The number of benzene rings is 3. The number of phenols is 1. The van der Waals surface area contributed by atoms with E-state index in [1.54, 1.807) is 23.1 Å². The van der Waals surface area contributed by atoms with E-state index in [0.717, 1.165) is 11.5 Å². The average molecular weight is 472 g/mol. The first-order valence-electron chi connectivity index (χ1n) is 10.7. The van der Waals surface area contributed by atoms with Crippen molar-refractivity contribution < 1.29 is 32.6 Å². The van der Waals surface area contributed by atoms with E-state index < -0.39 is 35.7 Å². The molecule has 0 unspecified atom stereocenters. The van der Waals surface area contributed by atoms with Crippen LogP contribution in [0.2, 0.25) is 0 Å². The van der Waals surface area contributed by atoms with Crippen molar-refractivity contribution in [2.75, 3.05) is 13.7 Å². The van der Waals surface area contributed by atoms with E-state index in [1.165, 1.54) is 31.4 Å². The Morgan fingerprint density at radius 3 is 2.53 bits per heavy atom. The average Bonchev–Trinajstić information content (AvgIpc) is 3.20. The van der Waals surface area contributed by atoms with Crippen LogP contribution in [0.3, 0.4) is 0 Å². The zero-order valence-corrected chi connectivity index (χ0v) is 18.3. The van der Waals surface area contributed by atoms with Gasteiger partial charge < -0.3 is 15.2 Å². The number of nitrogens with one attached hydrogen (secondary N) is 1. The second-order valence-electron chi connectivity index (χ2n) is 8.21. The number of ether oxygens (including phenoxy) is 1. The second-order valence-corrected chi connectivity index (χ2v) is 8.21. The van der Waals surface area contributed by atoms with Crippen LogP contribution in [0.15, 0.2) is 60.7 Å². The summed E-state index contributed by atoms with van der Waals surface area (Å²) in [5.41, 5.74) is -0.663. The molecule has 178 valence electrons. The van der Waals surface area contributed by atoms with Gasteiger partial charge in [0.1, 0.15) is 11.8 Å². The molecule has 3 aromatic rings. The molecule has 0 aliphatic carbocycles. The van der Waals surface area contributed by atoms with Gasteiger partial charge in [0.2, 0.25) is 0 Å². The molecule has 1 saturated heterocycles. The summed E-state index contributed by atoms with van der Waals surface area (Å²) in [5.74, 6) is -1.28. The van der Waals surface area contributed by atoms with Crippen LogP contribution in [0.25, 0.3) is 10.8 Å². The van der Waals surface area contributed by atoms with Gasteiger partial charge in [0.15, 0.2) is 0 Å². The Labute approximate surface area is 193 Å². The topological polar surface area (TPSA) is 78.9 Å². The van der Waals surface area contributed by atoms with E-state index in [9.17, 15) is 27.9 Å². The van der Waals surface area contributed by atoms with Crippen LogP contribution in [0.1, 0.15) is 27.9 Å². The normalized spacial score (nSPS) is 18.7. The number of carbonyl (C=O) groups is 2. The number of fused-ring (bicyclic) bond motifs is 1. The molecule has 3 aromatic carbocycles. The lowest BCUT2D eigenvalue weighted by atomic mass is 10.0. The number of alkyl halides is 3. The molecule has 34 heavy (non-hydrogen) atoms. The van der Waals surface area contributed by atoms with Crippen LogP contribution in [-0.4, -0.2) is 47.6 Å². The standard InChI is InChI=1S/C25H23F3N2O4/c1-34-24(33)21-12-17(14-30(21)13-16-7-3-5-9-20(16)25(26,27)28)29-23(32)19-11-10-15-6-2-4-8-18(15)22(19)31/h2-11,17,21,31H,12-14H2,1H3,(H,29,32)/t17-,21+/m1/s1. The Hall–Kier alpha value is -3.59. The molecule has 0 bridgehead atoms. The maximum absolute atomic E-state index is 13.4. The number of carbonyl (C=O) groups excluding carboxylic acids is 2. The predicted molar refractivity (Wildman–Crippen MR) is 119 cm³/mol. The first-order valence-corrected chi connectivity index (χ1v) is 10.7. The van der Waals surface area contributed by atoms with E-state index in [-0.39, 0.29) is 36.4 Å². The number of hydrogen-bond donors (Lipinski definition) is 2. The molecule has 2 atom stereocenters. The van der Waals surface area contributed by atoms with Crippen molar-refractivity contribution in [3.63, 3.8) is 0 Å². The van der Waals surface area contributed by atoms with Gasteiger partial charge in [0, 0.05) is 24.5 Å². The van der Waals surface area contributed by atoms with Crippen LogP contribution in [0.4, 0.5) is 13.2 Å². The Morgan fingerprint density at radius 1 is 1.09 bits per heavy atom. The summed E-state index contributed by atoms with van der Waals surface area (Å²) in [6.45, 7) is 0.00901. The monoisotopic (exact) mass is 472 g/mol. The maximum Gasteiger partial charge on any atom is 0.416 e. The van der Waals surface area contributed by atoms with Gasteiger partial charge in [-0.2, -0.15) is 13.2 Å². The third kappa shape index (κ3) is 4.70. The van der Waals surface area contributed by atoms with Gasteiger partial charge in [-0.1, -0.05) is 48.5 Å². The molecule has 9 heteroatoms. The third-order valence-electron chi connectivity index (χ3n) is 6.05. The number of phenolic OH excluding ortho intramolecular Hbond substituents is 1. The van der Waals surface area contributed by atoms with Gasteiger partial charge in [-0.05, 0) is 29.5 Å². The Morgan fingerprint density at radius 2 is 1.79 bits per heavy atom. The largest absolute Gasteiger partial charge is 0.506 e. The lowest BCUT2D eigenvalue weighted by Crippen LogP contribution is -2.38. The van der Waals surface area contributed by atoms with Gasteiger partial charge in [-0.15, -0.1) is 0 Å². The number of likely N-dealkylation sites (tertiary alicyclic amines) is 1. The summed E-state index contributed by atoms with van der Waals surface area (Å²) in [5, 5.41) is 14.7. The third-order valence-corrected chi connectivity index (χ3v) is 6.05. The number of nitrogens with zero attached hydrogens (tertiary/aromatic N) is 1. The number of methoxy groups -OCH3 is 1. The molecule has 1 aliphatic rings. The highest BCUT2D eigenvalue weighted by atomic mass is 19.4. The van der Waals surface area contributed by atoms with Gasteiger partial charge in [0.05, 0.1) is 18.2 Å². The molecule has 1 amide bonds. The maximum atomic E-state index is 13.4. The van der Waals surface area contributed by atoms with Crippen LogP contribution in [0.5, 0.6) is 5.75 Å². The van der Waals surface area contributed by atoms with Crippen molar-refractivity contribution in [3.8, 4) is 5.75 Å². The molecular weight excluding hydrogens is 449 g/mol. The number of aromatic hydroxyl groups is 1. The van der Waals surface area contributed by atoms with Crippen molar-refractivity contribution in [3.05, 3.63) is 77.4 Å². The second kappa shape index (κ2) is 9.34. The van der Waals surface area contributed by atoms with E-state index in [0.29, 0.717) is 5.39 Å². The smallest absolute Gasteiger partial charge is 0.416 e. The molecule has 1 heterocycles. The highest BCUT2D eigenvalue weighted by Gasteiger charge is 2.40. The fourth-order valence-corrected chi connectivity index (χ4v) is 4.42. The lowest BCUT2D eigenvalue weighted by Gasteiger charge is -2.24. The van der Waals surface area contributed by atoms with Crippen LogP contribution < -0.4 is 5.32 Å². The zero-order chi connectivity index (χ0) is 24.5. The molecule has 0 radical (unpaired) electrons. The van der Waals surface area contributed by atoms with Crippen molar-refractivity contribution in [1.82, 2.24) is 10.2 Å². The molecule has 6 nitrogen and oxygen atoms in total. The summed E-state index contributed by atoms with van der Waals surface area (Å²) in [6, 6.07) is 14.2. The van der Waals surface area contributed by atoms with Gasteiger partial charge >= 0.3 is 12.1 Å². The zero-order valence-electron chi connectivity index (χ0n) is 18.3. The summed E-state index contributed by atoms with van der Waals surface area (Å²) < 4.78 is 45.2. The molecular formula is C25H23F3N2O4. The number of rotatable bonds is 5. The minimum absolute atomic E-state index is 0.0306. The van der Waals surface area contributed by atoms with Crippen molar-refractivity contribution in [2.24, 2.45) is 0 Å². The molecule has 0 saturated carbocycles. The number of esters is 1. The SMILES string of the molecule is COC(=O)[C@@H]1C[C@@H](NC(=O)c2ccc3ccccc3c2O)CN1Cc1ccccc1C(F)(F)F. The fourth-order valence-electron chi connectivity index (χ4n) is 4.42. The predicted octanol–water partition coefficient (Wildman–Crippen LogP) is 4.11. The van der Waals surface area contributed by atoms with Gasteiger partial charge in [-0.3, -0.25) is 14.5 Å². The van der Waals surface area contributed by atoms with E-state index >= 15 is 0 Å². The van der Waals surface area contributed by atoms with Gasteiger partial charge in [0.25, 0.3) is 5.91 Å². The molecule has 2 N–H and O–H groups in total. The fraction of sp³-hybridized carbons (Fsp3) is 0.280. The van der Waals surface area contributed by atoms with Crippen molar-refractivity contribution in [2.45, 2.75) is 31.2 Å². The minimum Gasteiger partial charge on any atom is -0.506 e. The number of halogens is 3. The first-order chi connectivity index (χ1) is 16.2. The Balaban J connectivity index is 1.54. The molecule has 4 rings (SSSR count). The minimum atomic E-state index is -4.53. The van der Waals surface area contributed by atoms with Crippen LogP contribution in [-0.2, 0) is 22.3 Å². The quantitative estimate of drug-likeness (QED) is 0.547. The highest BCUT2D eigenvalue weighted by molar-refractivity contribution is 6.03. The highest BCUT2D eigenvalue weighted by Crippen LogP contribution is 2.34. The van der Waals surface area contributed by atoms with Gasteiger partial charge in [-0.25, -0.2) is 0 Å². The Kier molecular flexibility index (Phi) is 6.47. The summed E-state index contributed by atoms with van der Waals surface area (Å²) >= 11 is 0. The molecule has 0 aromatic heterocycles.